The number of hydrogen-bond donors (Lipinski definition) is 0. The maximum absolute atomic E-state index is 3.62. The molecule has 0 saturated carbocycles. The van der Waals surface area contributed by atoms with E-state index in [1.807, 2.05) is 6.08 Å². The summed E-state index contributed by atoms with van der Waals surface area (Å²) in [6.45, 7) is 10.4. The van der Waals surface area contributed by atoms with E-state index in [1.165, 1.54) is 6.42 Å². The van der Waals surface area contributed by atoms with E-state index in [1.54, 1.807) is 0 Å². The van der Waals surface area contributed by atoms with E-state index < -0.39 is 0 Å². The van der Waals surface area contributed by atoms with Crippen LogP contribution in [0, 0.1) is 12.3 Å². The SMILES string of the molecule is [CH2]C=CCCC(C)(C)C. The molecule has 1 radical (unpaired) electrons. The smallest absolute Gasteiger partial charge is 0.0316 e. The third kappa shape index (κ3) is 7.74. The molecule has 0 aromatic carbocycles. The molecular formula is C9H17. The predicted molar refractivity (Wildman–Crippen MR) is 43.2 cm³/mol. The molecule has 0 aliphatic carbocycles. The van der Waals surface area contributed by atoms with Crippen LogP contribution >= 0.6 is 0 Å². The Balaban J connectivity index is 3.28. The second kappa shape index (κ2) is 3.71. The first-order valence-corrected chi connectivity index (χ1v) is 3.50. The van der Waals surface area contributed by atoms with Crippen molar-refractivity contribution in [1.29, 1.82) is 0 Å². The normalized spacial score (nSPS) is 12.9. The first-order chi connectivity index (χ1) is 4.06. The average molecular weight is 125 g/mol. The number of rotatable bonds is 2. The molecule has 0 N–H and O–H groups in total. The summed E-state index contributed by atoms with van der Waals surface area (Å²) in [7, 11) is 0. The van der Waals surface area contributed by atoms with Crippen molar-refractivity contribution >= 4 is 0 Å². The highest BCUT2D eigenvalue weighted by molar-refractivity contribution is 4.84. The van der Waals surface area contributed by atoms with E-state index in [9.17, 15) is 0 Å². The van der Waals surface area contributed by atoms with Gasteiger partial charge >= 0.3 is 0 Å². The second-order valence-corrected chi connectivity index (χ2v) is 3.57. The standard InChI is InChI=1S/C9H17/c1-5-6-7-8-9(2,3)4/h5-6H,1,7-8H2,2-4H3. The third-order valence-electron chi connectivity index (χ3n) is 1.23. The van der Waals surface area contributed by atoms with E-state index in [2.05, 4.69) is 33.8 Å². The van der Waals surface area contributed by atoms with Gasteiger partial charge in [-0.3, -0.25) is 0 Å². The molecule has 0 atom stereocenters. The molecule has 0 nitrogen and oxygen atoms in total. The topological polar surface area (TPSA) is 0 Å². The van der Waals surface area contributed by atoms with Gasteiger partial charge in [-0.05, 0) is 25.2 Å². The van der Waals surface area contributed by atoms with E-state index in [0.717, 1.165) is 6.42 Å². The Morgan fingerprint density at radius 1 is 1.33 bits per heavy atom. The molecule has 0 rings (SSSR count). The van der Waals surface area contributed by atoms with Gasteiger partial charge in [-0.15, -0.1) is 0 Å². The van der Waals surface area contributed by atoms with Crippen LogP contribution in [0.15, 0.2) is 12.2 Å². The minimum absolute atomic E-state index is 0.472. The molecule has 0 bridgehead atoms. The molecule has 0 amide bonds. The lowest BCUT2D eigenvalue weighted by Crippen LogP contribution is -2.02. The van der Waals surface area contributed by atoms with Gasteiger partial charge in [0.2, 0.25) is 0 Å². The molecule has 0 unspecified atom stereocenters. The minimum Gasteiger partial charge on any atom is -0.0885 e. The lowest BCUT2D eigenvalue weighted by atomic mass is 9.91. The Morgan fingerprint density at radius 3 is 2.22 bits per heavy atom. The highest BCUT2D eigenvalue weighted by Crippen LogP contribution is 2.20. The second-order valence-electron chi connectivity index (χ2n) is 3.57. The maximum atomic E-state index is 3.62. The quantitative estimate of drug-likeness (QED) is 0.531. The Kier molecular flexibility index (Phi) is 3.60. The zero-order chi connectivity index (χ0) is 7.33. The van der Waals surface area contributed by atoms with Crippen LogP contribution in [0.1, 0.15) is 33.6 Å². The molecule has 53 valence electrons. The highest BCUT2D eigenvalue weighted by Gasteiger charge is 2.06. The summed E-state index contributed by atoms with van der Waals surface area (Å²) in [4.78, 5) is 0. The van der Waals surface area contributed by atoms with Crippen LogP contribution in [0.3, 0.4) is 0 Å². The van der Waals surface area contributed by atoms with Gasteiger partial charge in [0, 0.05) is 0 Å². The van der Waals surface area contributed by atoms with Gasteiger partial charge in [0.05, 0.1) is 0 Å². The zero-order valence-electron chi connectivity index (χ0n) is 6.78. The molecule has 0 heterocycles. The van der Waals surface area contributed by atoms with Crippen molar-refractivity contribution in [3.63, 3.8) is 0 Å². The van der Waals surface area contributed by atoms with Gasteiger partial charge in [-0.1, -0.05) is 32.9 Å². The van der Waals surface area contributed by atoms with Gasteiger partial charge in [0.15, 0.2) is 0 Å². The fraction of sp³-hybridized carbons (Fsp3) is 0.667. The van der Waals surface area contributed by atoms with Crippen molar-refractivity contribution < 1.29 is 0 Å². The highest BCUT2D eigenvalue weighted by atomic mass is 14.1. The summed E-state index contributed by atoms with van der Waals surface area (Å²) < 4.78 is 0. The zero-order valence-corrected chi connectivity index (χ0v) is 6.78. The van der Waals surface area contributed by atoms with Crippen LogP contribution < -0.4 is 0 Å². The number of allylic oxidation sites excluding steroid dienone is 2. The average Bonchev–Trinajstić information content (AvgIpc) is 1.63. The largest absolute Gasteiger partial charge is 0.0885 e. The van der Waals surface area contributed by atoms with Crippen molar-refractivity contribution in [3.05, 3.63) is 19.1 Å². The first-order valence-electron chi connectivity index (χ1n) is 3.50. The van der Waals surface area contributed by atoms with Gasteiger partial charge in [0.1, 0.15) is 0 Å². The molecule has 0 spiro atoms. The van der Waals surface area contributed by atoms with Crippen molar-refractivity contribution in [1.82, 2.24) is 0 Å². The molecule has 0 aromatic heterocycles. The molecule has 9 heavy (non-hydrogen) atoms. The molecule has 0 fully saturated rings. The van der Waals surface area contributed by atoms with Gasteiger partial charge < -0.3 is 0 Å². The molecular weight excluding hydrogens is 108 g/mol. The lowest BCUT2D eigenvalue weighted by Gasteiger charge is -2.15. The molecule has 0 saturated heterocycles. The summed E-state index contributed by atoms with van der Waals surface area (Å²) >= 11 is 0. The van der Waals surface area contributed by atoms with Crippen LogP contribution in [-0.2, 0) is 0 Å². The van der Waals surface area contributed by atoms with Gasteiger partial charge in [-0.25, -0.2) is 0 Å². The number of hydrogen-bond acceptors (Lipinski definition) is 0. The Morgan fingerprint density at radius 2 is 1.89 bits per heavy atom. The third-order valence-corrected chi connectivity index (χ3v) is 1.23. The van der Waals surface area contributed by atoms with E-state index in [-0.39, 0.29) is 0 Å². The Bertz CT molecular complexity index is 82.7. The predicted octanol–water partition coefficient (Wildman–Crippen LogP) is 3.20. The van der Waals surface area contributed by atoms with E-state index in [0.29, 0.717) is 5.41 Å². The van der Waals surface area contributed by atoms with Crippen molar-refractivity contribution in [2.45, 2.75) is 33.6 Å². The molecule has 0 heteroatoms. The van der Waals surface area contributed by atoms with Crippen LogP contribution in [0.2, 0.25) is 0 Å². The van der Waals surface area contributed by atoms with Crippen molar-refractivity contribution in [2.75, 3.05) is 0 Å². The lowest BCUT2D eigenvalue weighted by molar-refractivity contribution is 0.381. The fourth-order valence-electron chi connectivity index (χ4n) is 0.634. The Hall–Kier alpha value is -0.260. The minimum atomic E-state index is 0.472. The van der Waals surface area contributed by atoms with E-state index in [4.69, 9.17) is 0 Å². The van der Waals surface area contributed by atoms with Crippen LogP contribution in [0.4, 0.5) is 0 Å². The van der Waals surface area contributed by atoms with Crippen molar-refractivity contribution in [2.24, 2.45) is 5.41 Å². The summed E-state index contributed by atoms with van der Waals surface area (Å²) in [6, 6.07) is 0. The van der Waals surface area contributed by atoms with Gasteiger partial charge in [0.25, 0.3) is 0 Å². The Labute approximate surface area is 59.0 Å². The monoisotopic (exact) mass is 125 g/mol. The summed E-state index contributed by atoms with van der Waals surface area (Å²) in [6.07, 6.45) is 6.39. The molecule has 0 aliphatic rings. The van der Waals surface area contributed by atoms with Crippen LogP contribution in [0.25, 0.3) is 0 Å². The van der Waals surface area contributed by atoms with Crippen LogP contribution in [0.5, 0.6) is 0 Å². The molecule has 0 aliphatic heterocycles. The van der Waals surface area contributed by atoms with Crippen LogP contribution in [-0.4, -0.2) is 0 Å². The van der Waals surface area contributed by atoms with Crippen molar-refractivity contribution in [3.8, 4) is 0 Å². The fourth-order valence-corrected chi connectivity index (χ4v) is 0.634. The maximum Gasteiger partial charge on any atom is -0.0316 e. The summed E-state index contributed by atoms with van der Waals surface area (Å²) in [5.74, 6) is 0. The van der Waals surface area contributed by atoms with Gasteiger partial charge in [-0.2, -0.15) is 0 Å². The molecule has 0 aromatic rings. The summed E-state index contributed by atoms with van der Waals surface area (Å²) in [5.41, 5.74) is 0.472. The first kappa shape index (κ1) is 8.74. The van der Waals surface area contributed by atoms with E-state index >= 15 is 0 Å². The summed E-state index contributed by atoms with van der Waals surface area (Å²) in [5, 5.41) is 0.